The zero-order valence-corrected chi connectivity index (χ0v) is 12.3. The van der Waals surface area contributed by atoms with E-state index in [4.69, 9.17) is 23.2 Å². The molecule has 0 heterocycles. The first-order valence-electron chi connectivity index (χ1n) is 6.23. The molecule has 0 spiro atoms. The Morgan fingerprint density at radius 3 is 2.10 bits per heavy atom. The molecule has 0 radical (unpaired) electrons. The Morgan fingerprint density at radius 1 is 0.714 bits per heavy atom. The van der Waals surface area contributed by atoms with E-state index in [1.165, 1.54) is 0 Å². The number of fused-ring (bicyclic) bond motifs is 1. The van der Waals surface area contributed by atoms with Gasteiger partial charge in [-0.1, -0.05) is 53.5 Å². The molecule has 0 amide bonds. The van der Waals surface area contributed by atoms with E-state index in [1.807, 2.05) is 24.3 Å². The number of phenolic OH excluding ortho intramolecular Hbond substituents is 1. The lowest BCUT2D eigenvalue weighted by Gasteiger charge is -2.04. The van der Waals surface area contributed by atoms with Gasteiger partial charge < -0.3 is 5.11 Å². The highest BCUT2D eigenvalue weighted by molar-refractivity contribution is 6.38. The minimum absolute atomic E-state index is 0.209. The molecule has 0 fully saturated rings. The van der Waals surface area contributed by atoms with Crippen LogP contribution >= 0.6 is 23.2 Å². The van der Waals surface area contributed by atoms with Crippen LogP contribution in [0.2, 0.25) is 10.0 Å². The molecule has 0 atom stereocenters. The van der Waals surface area contributed by atoms with Gasteiger partial charge in [-0.15, -0.1) is 10.2 Å². The predicted octanol–water partition coefficient (Wildman–Crippen LogP) is 6.27. The van der Waals surface area contributed by atoms with E-state index in [2.05, 4.69) is 10.2 Å². The van der Waals surface area contributed by atoms with Crippen molar-refractivity contribution in [2.24, 2.45) is 10.2 Å². The summed E-state index contributed by atoms with van der Waals surface area (Å²) >= 11 is 12.1. The minimum atomic E-state index is 0.209. The summed E-state index contributed by atoms with van der Waals surface area (Å²) in [6, 6.07) is 15.9. The Morgan fingerprint density at radius 2 is 1.38 bits per heavy atom. The molecule has 3 aromatic rings. The molecule has 5 heteroatoms. The van der Waals surface area contributed by atoms with Crippen LogP contribution in [0.5, 0.6) is 5.75 Å². The van der Waals surface area contributed by atoms with Crippen molar-refractivity contribution in [3.05, 3.63) is 64.6 Å². The molecule has 0 unspecified atom stereocenters. The summed E-state index contributed by atoms with van der Waals surface area (Å²) in [5, 5.41) is 20.6. The maximum Gasteiger partial charge on any atom is 0.123 e. The molecule has 3 rings (SSSR count). The molecule has 0 aliphatic rings. The van der Waals surface area contributed by atoms with Gasteiger partial charge in [0, 0.05) is 10.8 Å². The second-order valence-electron chi connectivity index (χ2n) is 4.42. The summed E-state index contributed by atoms with van der Waals surface area (Å²) in [6.45, 7) is 0. The van der Waals surface area contributed by atoms with Crippen LogP contribution in [0.25, 0.3) is 10.8 Å². The average molecular weight is 317 g/mol. The van der Waals surface area contributed by atoms with Gasteiger partial charge in [0.25, 0.3) is 0 Å². The van der Waals surface area contributed by atoms with Crippen molar-refractivity contribution in [2.45, 2.75) is 0 Å². The van der Waals surface area contributed by atoms with Gasteiger partial charge in [-0.25, -0.2) is 0 Å². The maximum absolute atomic E-state index is 9.85. The molecule has 0 aromatic heterocycles. The van der Waals surface area contributed by atoms with E-state index in [9.17, 15) is 5.11 Å². The Kier molecular flexibility index (Phi) is 3.78. The number of aromatic hydroxyl groups is 1. The topological polar surface area (TPSA) is 45.0 Å². The molecule has 104 valence electrons. The van der Waals surface area contributed by atoms with E-state index in [0.29, 0.717) is 21.4 Å². The predicted molar refractivity (Wildman–Crippen MR) is 86.3 cm³/mol. The van der Waals surface area contributed by atoms with Crippen LogP contribution in [0.4, 0.5) is 11.4 Å². The summed E-state index contributed by atoms with van der Waals surface area (Å²) in [4.78, 5) is 0. The zero-order chi connectivity index (χ0) is 14.8. The zero-order valence-electron chi connectivity index (χ0n) is 10.8. The normalized spacial score (nSPS) is 11.3. The molecule has 21 heavy (non-hydrogen) atoms. The first-order valence-corrected chi connectivity index (χ1v) is 6.99. The molecule has 0 bridgehead atoms. The van der Waals surface area contributed by atoms with Crippen molar-refractivity contribution in [3.63, 3.8) is 0 Å². The van der Waals surface area contributed by atoms with Gasteiger partial charge in [-0.05, 0) is 24.3 Å². The number of hydrogen-bond donors (Lipinski definition) is 1. The maximum atomic E-state index is 9.85. The van der Waals surface area contributed by atoms with Crippen molar-refractivity contribution in [2.75, 3.05) is 0 Å². The molecule has 3 nitrogen and oxygen atoms in total. The second-order valence-corrected chi connectivity index (χ2v) is 5.23. The van der Waals surface area contributed by atoms with Crippen molar-refractivity contribution in [3.8, 4) is 5.75 Å². The van der Waals surface area contributed by atoms with E-state index in [-0.39, 0.29) is 5.75 Å². The largest absolute Gasteiger partial charge is 0.507 e. The number of phenols is 1. The summed E-state index contributed by atoms with van der Waals surface area (Å²) < 4.78 is 0. The van der Waals surface area contributed by atoms with Crippen LogP contribution in [-0.2, 0) is 0 Å². The van der Waals surface area contributed by atoms with Crippen LogP contribution in [0, 0.1) is 0 Å². The lowest BCUT2D eigenvalue weighted by atomic mass is 10.1. The second kappa shape index (κ2) is 5.72. The third kappa shape index (κ3) is 2.71. The molecule has 0 aliphatic carbocycles. The first-order chi connectivity index (χ1) is 10.2. The van der Waals surface area contributed by atoms with E-state index < -0.39 is 0 Å². The Labute approximate surface area is 131 Å². The van der Waals surface area contributed by atoms with E-state index in [1.54, 1.807) is 30.3 Å². The standard InChI is InChI=1S/C16H10Cl2N2O/c17-12-6-3-7-13(18)16(12)20-19-14-8-9-15(21)11-5-2-1-4-10(11)14/h1-9,21H. The Balaban J connectivity index is 2.10. The van der Waals surface area contributed by atoms with Gasteiger partial charge in [0.1, 0.15) is 11.4 Å². The molecule has 0 aliphatic heterocycles. The van der Waals surface area contributed by atoms with Crippen molar-refractivity contribution in [1.29, 1.82) is 0 Å². The molecule has 1 N–H and O–H groups in total. The molecule has 0 saturated heterocycles. The van der Waals surface area contributed by atoms with Crippen molar-refractivity contribution >= 4 is 45.3 Å². The van der Waals surface area contributed by atoms with Crippen LogP contribution in [0.15, 0.2) is 64.8 Å². The number of benzene rings is 3. The highest BCUT2D eigenvalue weighted by atomic mass is 35.5. The van der Waals surface area contributed by atoms with Gasteiger partial charge in [0.15, 0.2) is 0 Å². The van der Waals surface area contributed by atoms with Gasteiger partial charge in [-0.3, -0.25) is 0 Å². The molecule has 3 aromatic carbocycles. The first kappa shape index (κ1) is 13.9. The monoisotopic (exact) mass is 316 g/mol. The highest BCUT2D eigenvalue weighted by Crippen LogP contribution is 2.36. The SMILES string of the molecule is Oc1ccc(N=Nc2c(Cl)cccc2Cl)c2ccccc12. The van der Waals surface area contributed by atoms with Crippen molar-refractivity contribution in [1.82, 2.24) is 0 Å². The summed E-state index contributed by atoms with van der Waals surface area (Å²) in [5.41, 5.74) is 1.07. The van der Waals surface area contributed by atoms with Gasteiger partial charge in [-0.2, -0.15) is 0 Å². The Bertz CT molecular complexity index is 827. The fourth-order valence-electron chi connectivity index (χ4n) is 2.04. The van der Waals surface area contributed by atoms with Crippen LogP contribution in [0.3, 0.4) is 0 Å². The third-order valence-electron chi connectivity index (χ3n) is 3.07. The van der Waals surface area contributed by atoms with Gasteiger partial charge >= 0.3 is 0 Å². The average Bonchev–Trinajstić information content (AvgIpc) is 2.49. The number of halogens is 2. The lowest BCUT2D eigenvalue weighted by Crippen LogP contribution is -1.75. The minimum Gasteiger partial charge on any atom is -0.507 e. The third-order valence-corrected chi connectivity index (χ3v) is 3.68. The number of rotatable bonds is 2. The summed E-state index contributed by atoms with van der Waals surface area (Å²) in [5.74, 6) is 0.209. The smallest absolute Gasteiger partial charge is 0.123 e. The van der Waals surface area contributed by atoms with Crippen molar-refractivity contribution < 1.29 is 5.11 Å². The van der Waals surface area contributed by atoms with Crippen LogP contribution < -0.4 is 0 Å². The highest BCUT2D eigenvalue weighted by Gasteiger charge is 2.06. The summed E-state index contributed by atoms with van der Waals surface area (Å²) in [6.07, 6.45) is 0. The number of nitrogens with zero attached hydrogens (tertiary/aromatic N) is 2. The van der Waals surface area contributed by atoms with E-state index in [0.717, 1.165) is 10.8 Å². The summed E-state index contributed by atoms with van der Waals surface area (Å²) in [7, 11) is 0. The fourth-order valence-corrected chi connectivity index (χ4v) is 2.52. The van der Waals surface area contributed by atoms with Gasteiger partial charge in [0.05, 0.1) is 15.7 Å². The number of azo groups is 1. The van der Waals surface area contributed by atoms with Crippen LogP contribution in [0.1, 0.15) is 0 Å². The van der Waals surface area contributed by atoms with Crippen LogP contribution in [-0.4, -0.2) is 5.11 Å². The number of hydrogen-bond acceptors (Lipinski definition) is 3. The Hall–Kier alpha value is -2.10. The van der Waals surface area contributed by atoms with E-state index >= 15 is 0 Å². The fraction of sp³-hybridized carbons (Fsp3) is 0. The quantitative estimate of drug-likeness (QED) is 0.556. The van der Waals surface area contributed by atoms with Gasteiger partial charge in [0.2, 0.25) is 0 Å². The molecule has 0 saturated carbocycles. The lowest BCUT2D eigenvalue weighted by molar-refractivity contribution is 0.481. The molecular formula is C16H10Cl2N2O. The molecular weight excluding hydrogens is 307 g/mol.